The van der Waals surface area contributed by atoms with Crippen molar-refractivity contribution in [1.82, 2.24) is 5.32 Å². The lowest BCUT2D eigenvalue weighted by Crippen LogP contribution is -2.45. The fourth-order valence-corrected chi connectivity index (χ4v) is 5.17. The van der Waals surface area contributed by atoms with Crippen LogP contribution >= 0.6 is 22.6 Å². The van der Waals surface area contributed by atoms with E-state index in [0.717, 1.165) is 18.6 Å². The molecular weight excluding hydrogens is 543 g/mol. The molecular formula is C20H22F2IN3O4S. The molecule has 1 saturated heterocycles. The van der Waals surface area contributed by atoms with Crippen LogP contribution in [0.5, 0.6) is 5.75 Å². The minimum atomic E-state index is -3.72. The van der Waals surface area contributed by atoms with E-state index in [2.05, 4.69) is 10.6 Å². The number of nitrogens with one attached hydrogen (secondary N) is 2. The van der Waals surface area contributed by atoms with Gasteiger partial charge in [0.1, 0.15) is 22.9 Å². The number of rotatable bonds is 8. The Balaban J connectivity index is 2.06. The molecule has 7 nitrogen and oxygen atoms in total. The van der Waals surface area contributed by atoms with Gasteiger partial charge in [0, 0.05) is 9.64 Å². The number of anilines is 2. The van der Waals surface area contributed by atoms with E-state index in [9.17, 15) is 22.0 Å². The second-order valence-corrected chi connectivity index (χ2v) is 10.7. The molecule has 1 fully saturated rings. The summed E-state index contributed by atoms with van der Waals surface area (Å²) in [4.78, 5) is 12.2. The molecule has 2 aromatic rings. The summed E-state index contributed by atoms with van der Waals surface area (Å²) in [5.74, 6) is -2.92. The predicted molar refractivity (Wildman–Crippen MR) is 122 cm³/mol. The number of nitrogens with two attached hydrogens (primary N) is 1. The maximum atomic E-state index is 14.4. The Kier molecular flexibility index (Phi) is 7.37. The molecule has 3 rings (SSSR count). The summed E-state index contributed by atoms with van der Waals surface area (Å²) in [7, 11) is -3.72. The number of sulfone groups is 1. The predicted octanol–water partition coefficient (Wildman–Crippen LogP) is 3.30. The van der Waals surface area contributed by atoms with E-state index < -0.39 is 38.9 Å². The van der Waals surface area contributed by atoms with Crippen LogP contribution in [0.2, 0.25) is 0 Å². The van der Waals surface area contributed by atoms with Crippen molar-refractivity contribution in [2.24, 2.45) is 5.73 Å². The van der Waals surface area contributed by atoms with Gasteiger partial charge >= 0.3 is 0 Å². The van der Waals surface area contributed by atoms with E-state index in [1.807, 2.05) is 22.6 Å². The van der Waals surface area contributed by atoms with E-state index in [1.54, 1.807) is 6.07 Å². The summed E-state index contributed by atoms with van der Waals surface area (Å²) in [5, 5.41) is 5.73. The number of carbonyl (C=O) groups excluding carboxylic acids is 1. The van der Waals surface area contributed by atoms with Crippen molar-refractivity contribution in [3.8, 4) is 5.75 Å². The Bertz CT molecular complexity index is 1090. The fourth-order valence-electron chi connectivity index (χ4n) is 3.40. The molecule has 1 heterocycles. The first-order valence-corrected chi connectivity index (χ1v) is 12.4. The van der Waals surface area contributed by atoms with Gasteiger partial charge in [-0.2, -0.15) is 0 Å². The Morgan fingerprint density at radius 3 is 2.65 bits per heavy atom. The van der Waals surface area contributed by atoms with E-state index in [1.165, 1.54) is 19.1 Å². The van der Waals surface area contributed by atoms with Crippen molar-refractivity contribution >= 4 is 49.7 Å². The normalized spacial score (nSPS) is 17.4. The van der Waals surface area contributed by atoms with Gasteiger partial charge in [0.25, 0.3) is 5.91 Å². The van der Waals surface area contributed by atoms with Gasteiger partial charge in [-0.1, -0.05) is 6.92 Å². The van der Waals surface area contributed by atoms with Crippen LogP contribution in [-0.4, -0.2) is 38.1 Å². The largest absolute Gasteiger partial charge is 0.472 e. The molecule has 1 unspecified atom stereocenters. The van der Waals surface area contributed by atoms with Crippen molar-refractivity contribution in [1.29, 1.82) is 0 Å². The number of primary amides is 1. The van der Waals surface area contributed by atoms with Crippen molar-refractivity contribution in [2.45, 2.75) is 31.2 Å². The molecule has 0 spiro atoms. The zero-order valence-corrected chi connectivity index (χ0v) is 19.6. The first kappa shape index (κ1) is 23.7. The summed E-state index contributed by atoms with van der Waals surface area (Å²) >= 11 is 1.94. The van der Waals surface area contributed by atoms with Crippen LogP contribution in [-0.2, 0) is 9.84 Å². The number of ether oxygens (including phenoxy) is 1. The summed E-state index contributed by atoms with van der Waals surface area (Å²) in [6.45, 7) is 2.10. The molecule has 1 aliphatic rings. The topological polar surface area (TPSA) is 111 Å². The molecule has 1 aliphatic heterocycles. The van der Waals surface area contributed by atoms with Crippen molar-refractivity contribution < 1.29 is 26.7 Å². The standard InChI is InChI=1S/C20H22F2IN3O4S/c1-2-31(28,29)20(15-4-3-7-25-15)30-17-9-11(21)8-16(18(17)19(24)27)26-14-6-5-12(23)10-13(14)22/h5-6,8-10,15,20,25-26H,2-4,7H2,1H3,(H2,24,27)/t15?,20-/m0/s1. The first-order valence-electron chi connectivity index (χ1n) is 9.59. The smallest absolute Gasteiger partial charge is 0.254 e. The second kappa shape index (κ2) is 9.65. The SMILES string of the molecule is CCS(=O)(=O)[C@H](Oc1cc(F)cc(Nc2ccc(I)cc2F)c1C(N)=O)C1CCCN1. The summed E-state index contributed by atoms with van der Waals surface area (Å²) < 4.78 is 60.4. The van der Waals surface area contributed by atoms with E-state index in [4.69, 9.17) is 10.5 Å². The van der Waals surface area contributed by atoms with Crippen LogP contribution < -0.4 is 21.1 Å². The Morgan fingerprint density at radius 2 is 2.06 bits per heavy atom. The van der Waals surface area contributed by atoms with Crippen molar-refractivity contribution in [3.63, 3.8) is 0 Å². The Morgan fingerprint density at radius 1 is 1.32 bits per heavy atom. The first-order chi connectivity index (χ1) is 14.6. The van der Waals surface area contributed by atoms with Gasteiger partial charge in [-0.15, -0.1) is 0 Å². The summed E-state index contributed by atoms with van der Waals surface area (Å²) in [6, 6.07) is 5.69. The van der Waals surface area contributed by atoms with Crippen molar-refractivity contribution in [3.05, 3.63) is 51.1 Å². The number of benzene rings is 2. The average Bonchev–Trinajstić information content (AvgIpc) is 3.21. The Labute approximate surface area is 192 Å². The highest BCUT2D eigenvalue weighted by molar-refractivity contribution is 14.1. The molecule has 31 heavy (non-hydrogen) atoms. The van der Waals surface area contributed by atoms with Crippen LogP contribution in [0.15, 0.2) is 30.3 Å². The molecule has 0 saturated carbocycles. The van der Waals surface area contributed by atoms with Gasteiger partial charge in [0.05, 0.1) is 23.2 Å². The van der Waals surface area contributed by atoms with Gasteiger partial charge in [0.2, 0.25) is 5.44 Å². The zero-order chi connectivity index (χ0) is 22.8. The fraction of sp³-hybridized carbons (Fsp3) is 0.350. The quantitative estimate of drug-likeness (QED) is 0.424. The minimum Gasteiger partial charge on any atom is -0.472 e. The van der Waals surface area contributed by atoms with Crippen LogP contribution in [0.4, 0.5) is 20.2 Å². The molecule has 2 aromatic carbocycles. The van der Waals surface area contributed by atoms with Gasteiger partial charge in [-0.3, -0.25) is 4.79 Å². The average molecular weight is 565 g/mol. The highest BCUT2D eigenvalue weighted by Crippen LogP contribution is 2.33. The maximum Gasteiger partial charge on any atom is 0.254 e. The molecule has 0 aromatic heterocycles. The molecule has 1 amide bonds. The molecule has 0 radical (unpaired) electrons. The number of hydrogen-bond donors (Lipinski definition) is 3. The van der Waals surface area contributed by atoms with Crippen LogP contribution in [0.3, 0.4) is 0 Å². The van der Waals surface area contributed by atoms with E-state index in [0.29, 0.717) is 16.5 Å². The van der Waals surface area contributed by atoms with E-state index in [-0.39, 0.29) is 28.4 Å². The highest BCUT2D eigenvalue weighted by atomic mass is 127. The van der Waals surface area contributed by atoms with Gasteiger partial charge < -0.3 is 21.1 Å². The highest BCUT2D eigenvalue weighted by Gasteiger charge is 2.37. The van der Waals surface area contributed by atoms with Gasteiger partial charge in [-0.25, -0.2) is 17.2 Å². The number of amides is 1. The third kappa shape index (κ3) is 5.44. The zero-order valence-electron chi connectivity index (χ0n) is 16.6. The van der Waals surface area contributed by atoms with Gasteiger partial charge in [-0.05, 0) is 66.2 Å². The molecule has 168 valence electrons. The van der Waals surface area contributed by atoms with Crippen LogP contribution in [0.1, 0.15) is 30.1 Å². The van der Waals surface area contributed by atoms with E-state index >= 15 is 0 Å². The third-order valence-electron chi connectivity index (χ3n) is 4.94. The second-order valence-electron chi connectivity index (χ2n) is 7.08. The minimum absolute atomic E-state index is 0.00495. The van der Waals surface area contributed by atoms with Crippen LogP contribution in [0, 0.1) is 15.2 Å². The summed E-state index contributed by atoms with van der Waals surface area (Å²) in [6.07, 6.45) is 1.30. The summed E-state index contributed by atoms with van der Waals surface area (Å²) in [5.41, 5.74) is 3.78. The molecule has 0 bridgehead atoms. The van der Waals surface area contributed by atoms with Crippen LogP contribution in [0.25, 0.3) is 0 Å². The lowest BCUT2D eigenvalue weighted by atomic mass is 10.1. The van der Waals surface area contributed by atoms with Gasteiger partial charge in [0.15, 0.2) is 9.84 Å². The van der Waals surface area contributed by atoms with Crippen molar-refractivity contribution in [2.75, 3.05) is 17.6 Å². The number of carbonyl (C=O) groups is 1. The molecule has 0 aliphatic carbocycles. The molecule has 11 heteroatoms. The molecule has 2 atom stereocenters. The Hall–Kier alpha value is -1.99. The maximum absolute atomic E-state index is 14.4. The number of hydrogen-bond acceptors (Lipinski definition) is 6. The monoisotopic (exact) mass is 565 g/mol. The number of halogens is 3. The molecule has 4 N–H and O–H groups in total. The lowest BCUT2D eigenvalue weighted by molar-refractivity contribution is 0.0995. The lowest BCUT2D eigenvalue weighted by Gasteiger charge is -2.26. The third-order valence-corrected chi connectivity index (χ3v) is 7.55.